The Labute approximate surface area is 268 Å². The molecule has 3 aromatic rings. The summed E-state index contributed by atoms with van der Waals surface area (Å²) in [5.41, 5.74) is 19.3. The highest BCUT2D eigenvalue weighted by Gasteiger charge is 2.36. The van der Waals surface area contributed by atoms with Gasteiger partial charge in [-0.25, -0.2) is 15.4 Å². The van der Waals surface area contributed by atoms with E-state index in [9.17, 15) is 4.79 Å². The van der Waals surface area contributed by atoms with Crippen LogP contribution < -0.4 is 32.3 Å². The molecule has 10 nitrogen and oxygen atoms in total. The first kappa shape index (κ1) is 34.5. The number of hydrogen-bond donors (Lipinski definition) is 5. The molecule has 1 aliphatic heterocycles. The summed E-state index contributed by atoms with van der Waals surface area (Å²) in [5, 5.41) is 5.14. The van der Waals surface area contributed by atoms with Gasteiger partial charge in [-0.05, 0) is 67.7 Å². The zero-order valence-corrected chi connectivity index (χ0v) is 26.9. The number of pyridine rings is 1. The fourth-order valence-electron chi connectivity index (χ4n) is 5.43. The van der Waals surface area contributed by atoms with Crippen molar-refractivity contribution in [3.63, 3.8) is 0 Å². The Bertz CT molecular complexity index is 1220. The first-order valence-electron chi connectivity index (χ1n) is 16.3. The summed E-state index contributed by atoms with van der Waals surface area (Å²) >= 11 is 0. The lowest BCUT2D eigenvalue weighted by Crippen LogP contribution is -2.49. The zero-order chi connectivity index (χ0) is 31.7. The Morgan fingerprint density at radius 1 is 0.911 bits per heavy atom. The van der Waals surface area contributed by atoms with Crippen molar-refractivity contribution in [2.24, 2.45) is 11.1 Å². The monoisotopic (exact) mass is 617 g/mol. The van der Waals surface area contributed by atoms with Gasteiger partial charge in [-0.3, -0.25) is 4.79 Å². The molecule has 0 radical (unpaired) electrons. The molecule has 1 aromatic heterocycles. The van der Waals surface area contributed by atoms with Gasteiger partial charge >= 0.3 is 0 Å². The number of benzene rings is 2. The van der Waals surface area contributed by atoms with Crippen LogP contribution in [-0.4, -0.2) is 61.5 Å². The van der Waals surface area contributed by atoms with E-state index in [2.05, 4.69) is 71.0 Å². The second-order valence-electron chi connectivity index (χ2n) is 12.1. The number of unbranched alkanes of at least 4 members (excludes halogenated alkanes) is 1. The number of carbonyl (C=O) groups is 1. The number of hydrogen-bond acceptors (Lipinski definition) is 9. The summed E-state index contributed by atoms with van der Waals surface area (Å²) in [4.78, 5) is 17.1. The van der Waals surface area contributed by atoms with E-state index in [1.54, 1.807) is 0 Å². The number of nitrogens with two attached hydrogens (primary N) is 1. The largest absolute Gasteiger partial charge is 0.478 e. The average Bonchev–Trinajstić information content (AvgIpc) is 3.55. The van der Waals surface area contributed by atoms with E-state index in [4.69, 9.17) is 20.2 Å². The molecule has 1 amide bonds. The lowest BCUT2D eigenvalue weighted by Gasteiger charge is -2.36. The predicted octanol–water partition coefficient (Wildman–Crippen LogP) is 4.80. The van der Waals surface area contributed by atoms with Crippen molar-refractivity contribution < 1.29 is 14.3 Å². The summed E-state index contributed by atoms with van der Waals surface area (Å²) in [5.74, 6) is 0.721. The number of nitrogens with one attached hydrogen (secondary N) is 4. The van der Waals surface area contributed by atoms with Crippen molar-refractivity contribution in [3.8, 4) is 28.3 Å². The third-order valence-corrected chi connectivity index (χ3v) is 7.99. The molecule has 0 spiro atoms. The van der Waals surface area contributed by atoms with Gasteiger partial charge in [0.2, 0.25) is 11.8 Å². The number of rotatable bonds is 20. The topological polar surface area (TPSA) is 126 Å². The van der Waals surface area contributed by atoms with E-state index >= 15 is 0 Å². The van der Waals surface area contributed by atoms with Gasteiger partial charge in [0.1, 0.15) is 0 Å². The second kappa shape index (κ2) is 18.6. The van der Waals surface area contributed by atoms with Crippen LogP contribution in [0.4, 0.5) is 0 Å². The van der Waals surface area contributed by atoms with Crippen molar-refractivity contribution in [3.05, 3.63) is 72.8 Å². The molecule has 6 N–H and O–H groups in total. The molecule has 1 saturated heterocycles. The third kappa shape index (κ3) is 11.5. The second-order valence-corrected chi connectivity index (χ2v) is 12.1. The molecule has 1 fully saturated rings. The van der Waals surface area contributed by atoms with Crippen LogP contribution in [-0.2, 0) is 9.53 Å². The molecule has 1 unspecified atom stereocenters. The summed E-state index contributed by atoms with van der Waals surface area (Å²) in [6, 6.07) is 24.7. The summed E-state index contributed by atoms with van der Waals surface area (Å²) < 4.78 is 11.7. The van der Waals surface area contributed by atoms with Gasteiger partial charge in [0.15, 0.2) is 0 Å². The van der Waals surface area contributed by atoms with Crippen LogP contribution in [0.25, 0.3) is 22.4 Å². The first-order valence-corrected chi connectivity index (χ1v) is 16.3. The van der Waals surface area contributed by atoms with Crippen LogP contribution >= 0.6 is 0 Å². The lowest BCUT2D eigenvalue weighted by atomic mass is 9.83. The average molecular weight is 618 g/mol. The van der Waals surface area contributed by atoms with Gasteiger partial charge in [0, 0.05) is 44.4 Å². The van der Waals surface area contributed by atoms with E-state index in [0.29, 0.717) is 45.2 Å². The minimum Gasteiger partial charge on any atom is -0.478 e. The number of nitrogens with zero attached hydrogens (tertiary/aromatic N) is 2. The van der Waals surface area contributed by atoms with Crippen LogP contribution in [0, 0.1) is 5.41 Å². The van der Waals surface area contributed by atoms with Crippen LogP contribution in [0.1, 0.15) is 58.8 Å². The lowest BCUT2D eigenvalue weighted by molar-refractivity contribution is -0.121. The Hall–Kier alpha value is -3.38. The molecule has 2 heterocycles. The van der Waals surface area contributed by atoms with Crippen LogP contribution in [0.2, 0.25) is 0 Å². The summed E-state index contributed by atoms with van der Waals surface area (Å²) in [6.45, 7) is 8.49. The smallest absolute Gasteiger partial charge is 0.220 e. The number of aromatic nitrogens is 1. The third-order valence-electron chi connectivity index (χ3n) is 7.99. The van der Waals surface area contributed by atoms with Gasteiger partial charge in [0.05, 0.1) is 18.5 Å². The highest BCUT2D eigenvalue weighted by molar-refractivity contribution is 5.75. The maximum Gasteiger partial charge on any atom is 0.220 e. The Balaban J connectivity index is 1.19. The molecule has 0 saturated carbocycles. The van der Waals surface area contributed by atoms with Crippen molar-refractivity contribution in [1.82, 2.24) is 31.8 Å². The SMILES string of the molecule is CC(C)(CCCCOc1cc(-c2ccccc2)cc(-c2ccccc2)n1)C1NNNN1CCCC(=O)NCCCOCCCN. The Morgan fingerprint density at radius 3 is 2.40 bits per heavy atom. The fraction of sp³-hybridized carbons (Fsp3) is 0.486. The van der Waals surface area contributed by atoms with Crippen LogP contribution in [0.15, 0.2) is 72.8 Å². The number of amides is 1. The number of carbonyl (C=O) groups excluding carboxylic acids is 1. The minimum atomic E-state index is -0.0192. The molecule has 0 bridgehead atoms. The summed E-state index contributed by atoms with van der Waals surface area (Å²) in [7, 11) is 0. The molecular formula is C35H51N7O3. The van der Waals surface area contributed by atoms with Crippen LogP contribution in [0.5, 0.6) is 5.88 Å². The summed E-state index contributed by atoms with van der Waals surface area (Å²) in [6.07, 6.45) is 5.96. The van der Waals surface area contributed by atoms with E-state index in [-0.39, 0.29) is 17.5 Å². The molecule has 4 rings (SSSR count). The molecular weight excluding hydrogens is 566 g/mol. The number of ether oxygens (including phenoxy) is 2. The minimum absolute atomic E-state index is 0.0192. The molecule has 1 aliphatic rings. The molecule has 1 atom stereocenters. The Kier molecular flexibility index (Phi) is 14.2. The van der Waals surface area contributed by atoms with Crippen molar-refractivity contribution in [1.29, 1.82) is 0 Å². The quantitative estimate of drug-likeness (QED) is 0.114. The van der Waals surface area contributed by atoms with E-state index in [1.165, 1.54) is 0 Å². The Morgan fingerprint density at radius 2 is 1.64 bits per heavy atom. The molecule has 10 heteroatoms. The van der Waals surface area contributed by atoms with Crippen molar-refractivity contribution in [2.75, 3.05) is 39.5 Å². The highest BCUT2D eigenvalue weighted by Crippen LogP contribution is 2.31. The van der Waals surface area contributed by atoms with Gasteiger partial charge in [-0.2, -0.15) is 11.1 Å². The van der Waals surface area contributed by atoms with E-state index in [0.717, 1.165) is 67.5 Å². The fourth-order valence-corrected chi connectivity index (χ4v) is 5.43. The highest BCUT2D eigenvalue weighted by atomic mass is 16.5. The predicted molar refractivity (Wildman–Crippen MR) is 179 cm³/mol. The normalized spacial score (nSPS) is 15.3. The van der Waals surface area contributed by atoms with Gasteiger partial charge in [-0.15, -0.1) is 0 Å². The molecule has 45 heavy (non-hydrogen) atoms. The van der Waals surface area contributed by atoms with Crippen LogP contribution in [0.3, 0.4) is 0 Å². The van der Waals surface area contributed by atoms with E-state index in [1.807, 2.05) is 42.5 Å². The molecule has 0 aliphatic carbocycles. The number of hydrazine groups is 3. The maximum atomic E-state index is 12.3. The standard InChI is InChI=1S/C35H51N7O3/c1-35(2,34-39-40-41-42(34)22-11-18-32(43)37-21-13-24-44-23-12-20-36)19-9-10-25-45-33-27-30(28-14-5-3-6-15-28)26-31(38-33)29-16-7-4-8-17-29/h3-8,14-17,26-27,34,39-41H,9-13,18-25,36H2,1-2H3,(H,37,43). The maximum absolute atomic E-state index is 12.3. The molecule has 244 valence electrons. The zero-order valence-electron chi connectivity index (χ0n) is 26.9. The molecule has 2 aromatic carbocycles. The van der Waals surface area contributed by atoms with Gasteiger partial charge in [-0.1, -0.05) is 74.5 Å². The van der Waals surface area contributed by atoms with Gasteiger partial charge < -0.3 is 20.5 Å². The van der Waals surface area contributed by atoms with Gasteiger partial charge in [0.25, 0.3) is 0 Å². The van der Waals surface area contributed by atoms with E-state index < -0.39 is 0 Å². The first-order chi connectivity index (χ1) is 22.0. The van der Waals surface area contributed by atoms with Crippen molar-refractivity contribution in [2.45, 2.75) is 65.0 Å². The van der Waals surface area contributed by atoms with Crippen molar-refractivity contribution >= 4 is 5.91 Å².